The highest BCUT2D eigenvalue weighted by Gasteiger charge is 2.18. The maximum absolute atomic E-state index is 12.5. The van der Waals surface area contributed by atoms with Gasteiger partial charge in [0.1, 0.15) is 0 Å². The fraction of sp³-hybridized carbons (Fsp3) is 0.474. The lowest BCUT2D eigenvalue weighted by molar-refractivity contribution is 0.0943. The SMILES string of the molecule is CCc1c(C(=O)NCC2CCCNC2)cnn1Cc1ccccc1.Cl. The summed E-state index contributed by atoms with van der Waals surface area (Å²) in [5, 5.41) is 10.9. The third-order valence-electron chi connectivity index (χ3n) is 4.65. The Labute approximate surface area is 155 Å². The van der Waals surface area contributed by atoms with Crippen molar-refractivity contribution in [3.05, 3.63) is 53.3 Å². The third kappa shape index (κ3) is 5.06. The number of nitrogens with one attached hydrogen (secondary N) is 2. The van der Waals surface area contributed by atoms with Crippen LogP contribution >= 0.6 is 12.4 Å². The summed E-state index contributed by atoms with van der Waals surface area (Å²) in [5.74, 6) is 0.531. The Hall–Kier alpha value is -1.85. The molecule has 0 aliphatic carbocycles. The lowest BCUT2D eigenvalue weighted by Crippen LogP contribution is -2.38. The fourth-order valence-electron chi connectivity index (χ4n) is 3.30. The molecule has 136 valence electrons. The predicted octanol–water partition coefficient (Wildman–Crippen LogP) is 2.65. The van der Waals surface area contributed by atoms with E-state index >= 15 is 0 Å². The van der Waals surface area contributed by atoms with Crippen molar-refractivity contribution in [3.8, 4) is 0 Å². The number of benzene rings is 1. The van der Waals surface area contributed by atoms with E-state index in [9.17, 15) is 4.79 Å². The van der Waals surface area contributed by atoms with Crippen LogP contribution in [0.3, 0.4) is 0 Å². The van der Waals surface area contributed by atoms with Crippen molar-refractivity contribution in [1.82, 2.24) is 20.4 Å². The summed E-state index contributed by atoms with van der Waals surface area (Å²) in [6.07, 6.45) is 4.87. The molecule has 6 heteroatoms. The lowest BCUT2D eigenvalue weighted by Gasteiger charge is -2.22. The molecular formula is C19H27ClN4O. The van der Waals surface area contributed by atoms with Gasteiger partial charge in [-0.2, -0.15) is 5.10 Å². The van der Waals surface area contributed by atoms with Crippen molar-refractivity contribution >= 4 is 18.3 Å². The van der Waals surface area contributed by atoms with Gasteiger partial charge in [-0.15, -0.1) is 12.4 Å². The van der Waals surface area contributed by atoms with Crippen molar-refractivity contribution in [3.63, 3.8) is 0 Å². The number of amides is 1. The molecule has 0 bridgehead atoms. The first-order valence-electron chi connectivity index (χ1n) is 8.85. The summed E-state index contributed by atoms with van der Waals surface area (Å²) < 4.78 is 1.94. The van der Waals surface area contributed by atoms with Crippen LogP contribution in [0, 0.1) is 5.92 Å². The minimum absolute atomic E-state index is 0. The molecule has 2 heterocycles. The second kappa shape index (κ2) is 9.59. The van der Waals surface area contributed by atoms with Gasteiger partial charge in [0, 0.05) is 6.54 Å². The van der Waals surface area contributed by atoms with Gasteiger partial charge in [-0.3, -0.25) is 9.48 Å². The summed E-state index contributed by atoms with van der Waals surface area (Å²) in [7, 11) is 0. The highest BCUT2D eigenvalue weighted by Crippen LogP contribution is 2.13. The number of hydrogen-bond donors (Lipinski definition) is 2. The van der Waals surface area contributed by atoms with Crippen LogP contribution in [0.5, 0.6) is 0 Å². The third-order valence-corrected chi connectivity index (χ3v) is 4.65. The van der Waals surface area contributed by atoms with Crippen LogP contribution in [0.2, 0.25) is 0 Å². The molecule has 1 fully saturated rings. The average molecular weight is 363 g/mol. The number of rotatable bonds is 6. The number of halogens is 1. The standard InChI is InChI=1S/C19H26N4O.ClH/c1-2-18-17(19(24)21-12-16-9-6-10-20-11-16)13-22-23(18)14-15-7-4-3-5-8-15;/h3-5,7-8,13,16,20H,2,6,9-12,14H2,1H3,(H,21,24);1H. The number of piperidine rings is 1. The Bertz CT molecular complexity index is 665. The van der Waals surface area contributed by atoms with Crippen LogP contribution in [-0.4, -0.2) is 35.3 Å². The topological polar surface area (TPSA) is 59.0 Å². The highest BCUT2D eigenvalue weighted by molar-refractivity contribution is 5.95. The zero-order chi connectivity index (χ0) is 16.8. The molecule has 1 saturated heterocycles. The predicted molar refractivity (Wildman–Crippen MR) is 102 cm³/mol. The minimum Gasteiger partial charge on any atom is -0.352 e. The Morgan fingerprint density at radius 3 is 2.84 bits per heavy atom. The molecule has 25 heavy (non-hydrogen) atoms. The van der Waals surface area contributed by atoms with Crippen molar-refractivity contribution in [2.75, 3.05) is 19.6 Å². The van der Waals surface area contributed by atoms with Gasteiger partial charge < -0.3 is 10.6 Å². The molecule has 5 nitrogen and oxygen atoms in total. The first kappa shape index (κ1) is 19.5. The molecule has 0 saturated carbocycles. The van der Waals surface area contributed by atoms with Crippen LogP contribution in [0.4, 0.5) is 0 Å². The van der Waals surface area contributed by atoms with Gasteiger partial charge in [0.25, 0.3) is 5.91 Å². The quantitative estimate of drug-likeness (QED) is 0.830. The van der Waals surface area contributed by atoms with E-state index in [2.05, 4.69) is 34.8 Å². The van der Waals surface area contributed by atoms with E-state index in [0.29, 0.717) is 18.0 Å². The number of aromatic nitrogens is 2. The largest absolute Gasteiger partial charge is 0.352 e. The van der Waals surface area contributed by atoms with Gasteiger partial charge >= 0.3 is 0 Å². The van der Waals surface area contributed by atoms with E-state index in [0.717, 1.165) is 31.7 Å². The van der Waals surface area contributed by atoms with Gasteiger partial charge in [0.05, 0.1) is 24.0 Å². The van der Waals surface area contributed by atoms with E-state index in [1.165, 1.54) is 18.4 Å². The number of carbonyl (C=O) groups excluding carboxylic acids is 1. The number of hydrogen-bond acceptors (Lipinski definition) is 3. The fourth-order valence-corrected chi connectivity index (χ4v) is 3.30. The van der Waals surface area contributed by atoms with E-state index in [4.69, 9.17) is 0 Å². The molecular weight excluding hydrogens is 336 g/mol. The summed E-state index contributed by atoms with van der Waals surface area (Å²) in [6, 6.07) is 10.2. The Morgan fingerprint density at radius 1 is 1.36 bits per heavy atom. The summed E-state index contributed by atoms with van der Waals surface area (Å²) in [5.41, 5.74) is 2.89. The van der Waals surface area contributed by atoms with Crippen LogP contribution < -0.4 is 10.6 Å². The Morgan fingerprint density at radius 2 is 2.16 bits per heavy atom. The zero-order valence-corrected chi connectivity index (χ0v) is 15.5. The van der Waals surface area contributed by atoms with Gasteiger partial charge in [-0.1, -0.05) is 37.3 Å². The maximum atomic E-state index is 12.5. The van der Waals surface area contributed by atoms with E-state index in [1.54, 1.807) is 6.20 Å². The first-order valence-corrected chi connectivity index (χ1v) is 8.85. The average Bonchev–Trinajstić information content (AvgIpc) is 3.04. The summed E-state index contributed by atoms with van der Waals surface area (Å²) >= 11 is 0. The molecule has 1 unspecified atom stereocenters. The highest BCUT2D eigenvalue weighted by atomic mass is 35.5. The Kier molecular flexibility index (Phi) is 7.47. The molecule has 1 atom stereocenters. The van der Waals surface area contributed by atoms with Crippen molar-refractivity contribution < 1.29 is 4.79 Å². The van der Waals surface area contributed by atoms with Crippen LogP contribution in [-0.2, 0) is 13.0 Å². The van der Waals surface area contributed by atoms with E-state index < -0.39 is 0 Å². The monoisotopic (exact) mass is 362 g/mol. The Balaban J connectivity index is 0.00000225. The second-order valence-electron chi connectivity index (χ2n) is 6.42. The van der Waals surface area contributed by atoms with Crippen molar-refractivity contribution in [2.45, 2.75) is 32.7 Å². The molecule has 1 aliphatic rings. The van der Waals surface area contributed by atoms with E-state index in [-0.39, 0.29) is 18.3 Å². The van der Waals surface area contributed by atoms with Crippen LogP contribution in [0.25, 0.3) is 0 Å². The smallest absolute Gasteiger partial charge is 0.254 e. The van der Waals surface area contributed by atoms with Gasteiger partial charge in [-0.25, -0.2) is 0 Å². The molecule has 1 amide bonds. The molecule has 2 N–H and O–H groups in total. The van der Waals surface area contributed by atoms with Crippen molar-refractivity contribution in [1.29, 1.82) is 0 Å². The van der Waals surface area contributed by atoms with Gasteiger partial charge in [0.15, 0.2) is 0 Å². The number of carbonyl (C=O) groups is 1. The van der Waals surface area contributed by atoms with Crippen LogP contribution in [0.15, 0.2) is 36.5 Å². The van der Waals surface area contributed by atoms with Crippen molar-refractivity contribution in [2.24, 2.45) is 5.92 Å². The molecule has 1 aromatic heterocycles. The molecule has 3 rings (SSSR count). The normalized spacial score (nSPS) is 16.9. The second-order valence-corrected chi connectivity index (χ2v) is 6.42. The first-order chi connectivity index (χ1) is 11.8. The minimum atomic E-state index is -0.00302. The maximum Gasteiger partial charge on any atom is 0.254 e. The van der Waals surface area contributed by atoms with Gasteiger partial charge in [0.2, 0.25) is 0 Å². The lowest BCUT2D eigenvalue weighted by atomic mass is 9.99. The zero-order valence-electron chi connectivity index (χ0n) is 14.7. The molecule has 0 radical (unpaired) electrons. The van der Waals surface area contributed by atoms with Crippen LogP contribution in [0.1, 0.15) is 41.4 Å². The number of nitrogens with zero attached hydrogens (tertiary/aromatic N) is 2. The molecule has 1 aromatic carbocycles. The molecule has 1 aliphatic heterocycles. The summed E-state index contributed by atoms with van der Waals surface area (Å²) in [6.45, 7) is 5.59. The molecule has 2 aromatic rings. The molecule has 0 spiro atoms. The summed E-state index contributed by atoms with van der Waals surface area (Å²) in [4.78, 5) is 12.5. The van der Waals surface area contributed by atoms with E-state index in [1.807, 2.05) is 22.9 Å². The van der Waals surface area contributed by atoms with Gasteiger partial charge in [-0.05, 0) is 43.8 Å².